The first-order valence-corrected chi connectivity index (χ1v) is 8.03. The third kappa shape index (κ3) is 2.19. The van der Waals surface area contributed by atoms with Crippen molar-refractivity contribution < 1.29 is 5.11 Å². The molecule has 0 saturated heterocycles. The minimum Gasteiger partial charge on any atom is -0.391 e. The number of aliphatic hydroxyl groups is 1. The molecule has 1 N–H and O–H groups in total. The summed E-state index contributed by atoms with van der Waals surface area (Å²) >= 11 is 1.72. The highest BCUT2D eigenvalue weighted by molar-refractivity contribution is 7.18. The molecular formula is C15H21N3OS. The largest absolute Gasteiger partial charge is 0.391 e. The summed E-state index contributed by atoms with van der Waals surface area (Å²) in [6.45, 7) is 4.26. The van der Waals surface area contributed by atoms with Crippen LogP contribution in [-0.2, 0) is 0 Å². The molecule has 1 saturated carbocycles. The van der Waals surface area contributed by atoms with Crippen LogP contribution < -0.4 is 4.90 Å². The number of anilines is 1. The molecule has 2 heterocycles. The van der Waals surface area contributed by atoms with Crippen LogP contribution >= 0.6 is 11.3 Å². The predicted molar refractivity (Wildman–Crippen MR) is 83.6 cm³/mol. The number of likely N-dealkylation sites (N-methyl/N-ethyl adjacent to an activating group) is 1. The number of aryl methyl sites for hydroxylation is 2. The van der Waals surface area contributed by atoms with Crippen LogP contribution in [0.4, 0.5) is 5.82 Å². The maximum atomic E-state index is 10.3. The molecule has 1 aliphatic rings. The van der Waals surface area contributed by atoms with Gasteiger partial charge in [-0.05, 0) is 32.3 Å². The lowest BCUT2D eigenvalue weighted by atomic mass is 9.91. The molecule has 2 aromatic rings. The van der Waals surface area contributed by atoms with Crippen LogP contribution in [0.2, 0.25) is 0 Å². The first kappa shape index (κ1) is 13.8. The first-order chi connectivity index (χ1) is 9.59. The minimum absolute atomic E-state index is 0.168. The van der Waals surface area contributed by atoms with Gasteiger partial charge in [0.05, 0.1) is 17.5 Å². The number of hydrogen-bond acceptors (Lipinski definition) is 5. The zero-order valence-electron chi connectivity index (χ0n) is 12.3. The van der Waals surface area contributed by atoms with E-state index in [4.69, 9.17) is 0 Å². The molecule has 0 aliphatic heterocycles. The van der Waals surface area contributed by atoms with Gasteiger partial charge in [0.15, 0.2) is 0 Å². The molecule has 1 fully saturated rings. The molecule has 2 atom stereocenters. The fourth-order valence-electron chi connectivity index (χ4n) is 3.13. The Hall–Kier alpha value is -1.20. The summed E-state index contributed by atoms with van der Waals surface area (Å²) in [5, 5.41) is 11.4. The molecular weight excluding hydrogens is 270 g/mol. The van der Waals surface area contributed by atoms with Crippen LogP contribution in [0.25, 0.3) is 10.2 Å². The van der Waals surface area contributed by atoms with Crippen molar-refractivity contribution in [1.29, 1.82) is 0 Å². The van der Waals surface area contributed by atoms with E-state index < -0.39 is 0 Å². The summed E-state index contributed by atoms with van der Waals surface area (Å²) < 4.78 is 0. The number of aromatic nitrogens is 2. The van der Waals surface area contributed by atoms with Gasteiger partial charge in [-0.1, -0.05) is 12.8 Å². The number of hydrogen-bond donors (Lipinski definition) is 1. The van der Waals surface area contributed by atoms with Gasteiger partial charge in [0, 0.05) is 11.9 Å². The Morgan fingerprint density at radius 2 is 2.00 bits per heavy atom. The van der Waals surface area contributed by atoms with Gasteiger partial charge in [0.2, 0.25) is 0 Å². The summed E-state index contributed by atoms with van der Waals surface area (Å²) in [7, 11) is 2.05. The van der Waals surface area contributed by atoms with Gasteiger partial charge in [-0.15, -0.1) is 11.3 Å². The highest BCUT2D eigenvalue weighted by atomic mass is 32.1. The average Bonchev–Trinajstić information content (AvgIpc) is 2.74. The second kappa shape index (κ2) is 5.30. The molecule has 0 aromatic carbocycles. The lowest BCUT2D eigenvalue weighted by Gasteiger charge is -2.36. The van der Waals surface area contributed by atoms with Crippen LogP contribution in [0.15, 0.2) is 6.33 Å². The van der Waals surface area contributed by atoms with E-state index in [1.54, 1.807) is 17.7 Å². The Balaban J connectivity index is 2.04. The van der Waals surface area contributed by atoms with E-state index in [9.17, 15) is 5.11 Å². The number of thiophene rings is 1. The fourth-order valence-corrected chi connectivity index (χ4v) is 4.12. The molecule has 0 spiro atoms. The van der Waals surface area contributed by atoms with E-state index in [1.807, 2.05) is 7.05 Å². The van der Waals surface area contributed by atoms with Crippen molar-refractivity contribution in [3.8, 4) is 0 Å². The van der Waals surface area contributed by atoms with Gasteiger partial charge >= 0.3 is 0 Å². The SMILES string of the molecule is Cc1sc2ncnc(N(C)C3CCCCC3O)c2c1C. The van der Waals surface area contributed by atoms with E-state index in [1.165, 1.54) is 16.9 Å². The van der Waals surface area contributed by atoms with E-state index in [0.29, 0.717) is 0 Å². The van der Waals surface area contributed by atoms with Crippen LogP contribution in [0, 0.1) is 13.8 Å². The van der Waals surface area contributed by atoms with E-state index in [0.717, 1.165) is 35.3 Å². The molecule has 0 bridgehead atoms. The Kier molecular flexibility index (Phi) is 3.65. The summed E-state index contributed by atoms with van der Waals surface area (Å²) in [5.74, 6) is 0.961. The van der Waals surface area contributed by atoms with Crippen LogP contribution in [-0.4, -0.2) is 34.3 Å². The van der Waals surface area contributed by atoms with Gasteiger partial charge < -0.3 is 10.0 Å². The maximum Gasteiger partial charge on any atom is 0.141 e. The van der Waals surface area contributed by atoms with Crippen molar-refractivity contribution in [3.63, 3.8) is 0 Å². The molecule has 0 amide bonds. The molecule has 2 unspecified atom stereocenters. The Labute approximate surface area is 123 Å². The van der Waals surface area contributed by atoms with Crippen molar-refractivity contribution in [3.05, 3.63) is 16.8 Å². The first-order valence-electron chi connectivity index (χ1n) is 7.21. The molecule has 2 aromatic heterocycles. The van der Waals surface area contributed by atoms with Gasteiger partial charge in [-0.3, -0.25) is 0 Å². The standard InChI is InChI=1S/C15H21N3OS/c1-9-10(2)20-15-13(9)14(16-8-17-15)18(3)11-6-4-5-7-12(11)19/h8,11-12,19H,4-7H2,1-3H3. The molecule has 3 rings (SSSR count). The third-order valence-electron chi connectivity index (χ3n) is 4.47. The van der Waals surface area contributed by atoms with Gasteiger partial charge in [-0.2, -0.15) is 0 Å². The highest BCUT2D eigenvalue weighted by Gasteiger charge is 2.29. The zero-order valence-corrected chi connectivity index (χ0v) is 13.1. The van der Waals surface area contributed by atoms with Crippen molar-refractivity contribution in [2.24, 2.45) is 0 Å². The van der Waals surface area contributed by atoms with Crippen LogP contribution in [0.5, 0.6) is 0 Å². The van der Waals surface area contributed by atoms with Crippen molar-refractivity contribution >= 4 is 27.4 Å². The summed E-state index contributed by atoms with van der Waals surface area (Å²) in [6.07, 6.45) is 5.62. The topological polar surface area (TPSA) is 49.2 Å². The van der Waals surface area contributed by atoms with E-state index in [2.05, 4.69) is 28.7 Å². The van der Waals surface area contributed by atoms with E-state index >= 15 is 0 Å². The molecule has 20 heavy (non-hydrogen) atoms. The molecule has 5 heteroatoms. The fraction of sp³-hybridized carbons (Fsp3) is 0.600. The lowest BCUT2D eigenvalue weighted by molar-refractivity contribution is 0.106. The van der Waals surface area contributed by atoms with E-state index in [-0.39, 0.29) is 12.1 Å². The molecule has 108 valence electrons. The Morgan fingerprint density at radius 3 is 2.75 bits per heavy atom. The monoisotopic (exact) mass is 291 g/mol. The van der Waals surface area contributed by atoms with Gasteiger partial charge in [0.25, 0.3) is 0 Å². The second-order valence-electron chi connectivity index (χ2n) is 5.69. The van der Waals surface area contributed by atoms with Gasteiger partial charge in [-0.25, -0.2) is 9.97 Å². The third-order valence-corrected chi connectivity index (χ3v) is 5.59. The number of fused-ring (bicyclic) bond motifs is 1. The maximum absolute atomic E-state index is 10.3. The number of nitrogens with zero attached hydrogens (tertiary/aromatic N) is 3. The van der Waals surface area contributed by atoms with Crippen molar-refractivity contribution in [2.75, 3.05) is 11.9 Å². The van der Waals surface area contributed by atoms with Crippen LogP contribution in [0.3, 0.4) is 0 Å². The average molecular weight is 291 g/mol. The highest BCUT2D eigenvalue weighted by Crippen LogP contribution is 2.36. The normalized spacial score (nSPS) is 23.2. The van der Waals surface area contributed by atoms with Crippen molar-refractivity contribution in [2.45, 2.75) is 51.7 Å². The molecule has 0 radical (unpaired) electrons. The van der Waals surface area contributed by atoms with Crippen LogP contribution in [0.1, 0.15) is 36.1 Å². The number of aliphatic hydroxyl groups excluding tert-OH is 1. The number of rotatable bonds is 2. The Bertz CT molecular complexity index is 625. The Morgan fingerprint density at radius 1 is 1.25 bits per heavy atom. The quantitative estimate of drug-likeness (QED) is 0.924. The molecule has 1 aliphatic carbocycles. The predicted octanol–water partition coefficient (Wildman–Crippen LogP) is 3.05. The van der Waals surface area contributed by atoms with Crippen molar-refractivity contribution in [1.82, 2.24) is 9.97 Å². The summed E-state index contributed by atoms with van der Waals surface area (Å²) in [5.41, 5.74) is 1.26. The minimum atomic E-state index is -0.251. The van der Waals surface area contributed by atoms with Gasteiger partial charge in [0.1, 0.15) is 17.0 Å². The zero-order chi connectivity index (χ0) is 14.3. The second-order valence-corrected chi connectivity index (χ2v) is 6.89. The summed E-state index contributed by atoms with van der Waals surface area (Å²) in [4.78, 5) is 13.4. The molecule has 4 nitrogen and oxygen atoms in total. The lowest BCUT2D eigenvalue weighted by Crippen LogP contribution is -2.43. The smallest absolute Gasteiger partial charge is 0.141 e. The summed E-state index contributed by atoms with van der Waals surface area (Å²) in [6, 6.07) is 0.168.